The Morgan fingerprint density at radius 3 is 2.02 bits per heavy atom. The second-order valence-electron chi connectivity index (χ2n) is 12.7. The molecule has 272 valence electrons. The summed E-state index contributed by atoms with van der Waals surface area (Å²) in [5, 5.41) is 3.03. The first kappa shape index (κ1) is 39.0. The second-order valence-corrected chi connectivity index (χ2v) is 15.4. The van der Waals surface area contributed by atoms with Crippen molar-refractivity contribution in [2.75, 3.05) is 39.3 Å². The van der Waals surface area contributed by atoms with E-state index in [0.29, 0.717) is 11.5 Å². The van der Waals surface area contributed by atoms with Crippen molar-refractivity contribution in [2.45, 2.75) is 50.2 Å². The number of amides is 2. The lowest BCUT2D eigenvalue weighted by atomic mass is 10.0. The van der Waals surface area contributed by atoms with Crippen LogP contribution in [0.1, 0.15) is 31.9 Å². The van der Waals surface area contributed by atoms with E-state index in [1.807, 2.05) is 75.4 Å². The predicted octanol–water partition coefficient (Wildman–Crippen LogP) is 6.23. The molecule has 0 aliphatic heterocycles. The van der Waals surface area contributed by atoms with Crippen molar-refractivity contribution in [1.82, 2.24) is 10.2 Å². The normalized spacial score (nSPS) is 12.0. The lowest BCUT2D eigenvalue weighted by Gasteiger charge is -2.35. The van der Waals surface area contributed by atoms with Gasteiger partial charge in [-0.05, 0) is 68.3 Å². The second kappa shape index (κ2) is 17.0. The Kier molecular flexibility index (Phi) is 13.0. The Balaban J connectivity index is 1.91. The van der Waals surface area contributed by atoms with Gasteiger partial charge in [0.1, 0.15) is 24.1 Å². The number of carbonyl (C=O) groups is 2. The zero-order valence-corrected chi connectivity index (χ0v) is 32.2. The van der Waals surface area contributed by atoms with Crippen molar-refractivity contribution in [3.8, 4) is 23.0 Å². The number of nitrogens with zero attached hydrogens (tertiary/aromatic N) is 2. The van der Waals surface area contributed by atoms with Crippen LogP contribution in [0, 0.1) is 0 Å². The van der Waals surface area contributed by atoms with Gasteiger partial charge in [0.15, 0.2) is 11.5 Å². The number of sulfonamides is 1. The van der Waals surface area contributed by atoms with Crippen LogP contribution in [0.4, 0.5) is 5.69 Å². The molecule has 11 nitrogen and oxygen atoms in total. The highest BCUT2D eigenvalue weighted by atomic mass is 79.9. The fourth-order valence-corrected chi connectivity index (χ4v) is 7.33. The number of methoxy groups -OCH3 is 4. The maximum atomic E-state index is 14.9. The number of hydrogen-bond acceptors (Lipinski definition) is 8. The molecule has 0 spiro atoms. The van der Waals surface area contributed by atoms with Crippen LogP contribution in [-0.4, -0.2) is 71.7 Å². The molecule has 13 heteroatoms. The van der Waals surface area contributed by atoms with Crippen molar-refractivity contribution in [2.24, 2.45) is 0 Å². The van der Waals surface area contributed by atoms with Gasteiger partial charge in [-0.25, -0.2) is 8.42 Å². The third-order valence-corrected chi connectivity index (χ3v) is 10.1. The number of ether oxygens (including phenoxy) is 4. The van der Waals surface area contributed by atoms with Crippen LogP contribution in [0.3, 0.4) is 0 Å². The van der Waals surface area contributed by atoms with Crippen LogP contribution in [0.5, 0.6) is 23.0 Å². The lowest BCUT2D eigenvalue weighted by Crippen LogP contribution is -2.56. The van der Waals surface area contributed by atoms with Gasteiger partial charge in [-0.1, -0.05) is 58.4 Å². The van der Waals surface area contributed by atoms with E-state index >= 15 is 0 Å². The molecule has 0 heterocycles. The summed E-state index contributed by atoms with van der Waals surface area (Å²) in [6.45, 7) is 4.89. The van der Waals surface area contributed by atoms with Crippen molar-refractivity contribution >= 4 is 43.5 Å². The molecular formula is C38H44BrN3O8S. The van der Waals surface area contributed by atoms with Gasteiger partial charge in [0.25, 0.3) is 10.0 Å². The molecule has 4 aromatic carbocycles. The minimum Gasteiger partial charge on any atom is -0.497 e. The standard InChI is InChI=1S/C38H44BrN3O8S/c1-38(2,3)40-37(44)32(21-26-12-9-8-10-13-26)41(24-27-14-11-15-28(39)20-27)36(43)25-42(31-22-29(47-4)16-18-33(31)48-5)51(45,46)30-17-19-34(49-6)35(23-30)50-7/h8-20,22-23,32H,21,24-25H2,1-7H3,(H,40,44)/t32-/m0/s1. The summed E-state index contributed by atoms with van der Waals surface area (Å²) in [5.74, 6) is 0.00461. The number of benzene rings is 4. The number of halogens is 1. The SMILES string of the molecule is COc1ccc(OC)c(N(CC(=O)N(Cc2cccc(Br)c2)[C@@H](Cc2ccccc2)C(=O)NC(C)(C)C)S(=O)(=O)c2ccc(OC)c(OC)c2)c1. The molecule has 1 N–H and O–H groups in total. The molecule has 1 atom stereocenters. The fraction of sp³-hybridized carbons (Fsp3) is 0.316. The summed E-state index contributed by atoms with van der Waals surface area (Å²) in [6, 6.07) is 24.6. The Morgan fingerprint density at radius 1 is 0.765 bits per heavy atom. The summed E-state index contributed by atoms with van der Waals surface area (Å²) in [7, 11) is 1.19. The highest BCUT2D eigenvalue weighted by Gasteiger charge is 2.37. The molecule has 0 bridgehead atoms. The fourth-order valence-electron chi connectivity index (χ4n) is 5.45. The molecule has 4 rings (SSSR count). The Bertz CT molecular complexity index is 1930. The molecular weight excluding hydrogens is 738 g/mol. The zero-order chi connectivity index (χ0) is 37.3. The van der Waals surface area contributed by atoms with Gasteiger partial charge < -0.3 is 29.2 Å². The zero-order valence-electron chi connectivity index (χ0n) is 29.8. The Morgan fingerprint density at radius 2 is 1.41 bits per heavy atom. The van der Waals surface area contributed by atoms with E-state index in [1.165, 1.54) is 57.6 Å². The quantitative estimate of drug-likeness (QED) is 0.151. The first-order valence-corrected chi connectivity index (χ1v) is 18.3. The highest BCUT2D eigenvalue weighted by molar-refractivity contribution is 9.10. The molecule has 0 unspecified atom stereocenters. The first-order valence-electron chi connectivity index (χ1n) is 16.1. The third kappa shape index (κ3) is 9.95. The van der Waals surface area contributed by atoms with Gasteiger partial charge in [-0.15, -0.1) is 0 Å². The van der Waals surface area contributed by atoms with Crippen molar-refractivity contribution in [3.63, 3.8) is 0 Å². The number of nitrogens with one attached hydrogen (secondary N) is 1. The van der Waals surface area contributed by atoms with Gasteiger partial charge in [0, 0.05) is 35.1 Å². The number of anilines is 1. The monoisotopic (exact) mass is 781 g/mol. The Hall–Kier alpha value is -4.75. The van der Waals surface area contributed by atoms with Crippen molar-refractivity contribution in [3.05, 3.63) is 107 Å². The van der Waals surface area contributed by atoms with Crippen molar-refractivity contribution in [1.29, 1.82) is 0 Å². The van der Waals surface area contributed by atoms with E-state index in [0.717, 1.165) is 19.9 Å². The molecule has 4 aromatic rings. The minimum atomic E-state index is -4.50. The maximum absolute atomic E-state index is 14.9. The number of rotatable bonds is 15. The summed E-state index contributed by atoms with van der Waals surface area (Å²) >= 11 is 3.51. The minimum absolute atomic E-state index is 0.00677. The summed E-state index contributed by atoms with van der Waals surface area (Å²) in [5.41, 5.74) is 0.990. The molecule has 0 saturated heterocycles. The van der Waals surface area contributed by atoms with Crippen LogP contribution >= 0.6 is 15.9 Å². The topological polar surface area (TPSA) is 124 Å². The van der Waals surface area contributed by atoms with E-state index in [4.69, 9.17) is 18.9 Å². The molecule has 51 heavy (non-hydrogen) atoms. The third-order valence-electron chi connectivity index (χ3n) is 7.89. The summed E-state index contributed by atoms with van der Waals surface area (Å²) < 4.78 is 52.9. The number of hydrogen-bond donors (Lipinski definition) is 1. The molecule has 0 aromatic heterocycles. The van der Waals surface area contributed by atoms with Crippen LogP contribution in [-0.2, 0) is 32.6 Å². The van der Waals surface area contributed by atoms with Gasteiger partial charge >= 0.3 is 0 Å². The van der Waals surface area contributed by atoms with Gasteiger partial charge in [-0.2, -0.15) is 0 Å². The molecule has 0 saturated carbocycles. The summed E-state index contributed by atoms with van der Waals surface area (Å²) in [6.07, 6.45) is 0.174. The molecule has 2 amide bonds. The maximum Gasteiger partial charge on any atom is 0.265 e. The van der Waals surface area contributed by atoms with Crippen LogP contribution in [0.15, 0.2) is 100 Å². The molecule has 0 aliphatic rings. The summed E-state index contributed by atoms with van der Waals surface area (Å²) in [4.78, 5) is 30.3. The Labute approximate surface area is 308 Å². The lowest BCUT2D eigenvalue weighted by molar-refractivity contribution is -0.140. The van der Waals surface area contributed by atoms with E-state index < -0.39 is 34.1 Å². The molecule has 0 radical (unpaired) electrons. The van der Waals surface area contributed by atoms with Gasteiger partial charge in [0.2, 0.25) is 11.8 Å². The van der Waals surface area contributed by atoms with E-state index in [2.05, 4.69) is 21.2 Å². The smallest absolute Gasteiger partial charge is 0.265 e. The highest BCUT2D eigenvalue weighted by Crippen LogP contribution is 2.38. The molecule has 0 fully saturated rings. The van der Waals surface area contributed by atoms with E-state index in [9.17, 15) is 18.0 Å². The number of carbonyl (C=O) groups excluding carboxylic acids is 2. The van der Waals surface area contributed by atoms with Crippen LogP contribution < -0.4 is 28.6 Å². The van der Waals surface area contributed by atoms with Gasteiger partial charge in [0.05, 0.1) is 39.0 Å². The van der Waals surface area contributed by atoms with Crippen LogP contribution in [0.25, 0.3) is 0 Å². The van der Waals surface area contributed by atoms with Gasteiger partial charge in [-0.3, -0.25) is 13.9 Å². The first-order chi connectivity index (χ1) is 24.2. The average Bonchev–Trinajstić information content (AvgIpc) is 3.10. The molecule has 0 aliphatic carbocycles. The van der Waals surface area contributed by atoms with E-state index in [1.54, 1.807) is 12.1 Å². The van der Waals surface area contributed by atoms with Crippen molar-refractivity contribution < 1.29 is 37.0 Å². The van der Waals surface area contributed by atoms with Crippen LogP contribution in [0.2, 0.25) is 0 Å². The average molecular weight is 783 g/mol. The van der Waals surface area contributed by atoms with E-state index in [-0.39, 0.29) is 41.0 Å². The predicted molar refractivity (Wildman–Crippen MR) is 200 cm³/mol. The largest absolute Gasteiger partial charge is 0.497 e.